The molecule has 2 aromatic heterocycles. The van der Waals surface area contributed by atoms with Crippen molar-refractivity contribution in [1.29, 1.82) is 0 Å². The maximum absolute atomic E-state index is 12.7. The Morgan fingerprint density at radius 1 is 1.09 bits per heavy atom. The lowest BCUT2D eigenvalue weighted by atomic mass is 9.84. The minimum atomic E-state index is -3.67. The van der Waals surface area contributed by atoms with Gasteiger partial charge in [0.2, 0.25) is 10.0 Å². The number of nitrogens with one attached hydrogen (secondary N) is 2. The Morgan fingerprint density at radius 3 is 2.42 bits per heavy atom. The van der Waals surface area contributed by atoms with Crippen LogP contribution in [0.2, 0.25) is 0 Å². The maximum Gasteiger partial charge on any atom is 0.245 e. The van der Waals surface area contributed by atoms with Gasteiger partial charge in [0.25, 0.3) is 0 Å². The third-order valence-corrected chi connectivity index (χ3v) is 7.83. The van der Waals surface area contributed by atoms with Crippen LogP contribution in [-0.4, -0.2) is 30.1 Å². The second-order valence-electron chi connectivity index (χ2n) is 9.58. The molecule has 8 nitrogen and oxygen atoms in total. The highest BCUT2D eigenvalue weighted by molar-refractivity contribution is 7.89. The molecule has 4 rings (SSSR count). The van der Waals surface area contributed by atoms with E-state index in [1.807, 2.05) is 0 Å². The third kappa shape index (κ3) is 4.79. The van der Waals surface area contributed by atoms with E-state index in [9.17, 15) is 8.42 Å². The van der Waals surface area contributed by atoms with Gasteiger partial charge in [-0.25, -0.2) is 18.1 Å². The number of aromatic nitrogens is 3. The van der Waals surface area contributed by atoms with Crippen molar-refractivity contribution in [1.82, 2.24) is 19.8 Å². The Hall–Kier alpha value is -2.78. The number of benzene rings is 1. The van der Waals surface area contributed by atoms with Gasteiger partial charge in [-0.1, -0.05) is 50.2 Å². The molecule has 0 bridgehead atoms. The van der Waals surface area contributed by atoms with Crippen molar-refractivity contribution in [3.8, 4) is 0 Å². The number of rotatable bonds is 7. The minimum absolute atomic E-state index is 0.0376. The Kier molecular flexibility index (Phi) is 6.28. The van der Waals surface area contributed by atoms with Crippen LogP contribution >= 0.6 is 0 Å². The van der Waals surface area contributed by atoms with Crippen molar-refractivity contribution in [2.75, 3.05) is 11.9 Å². The van der Waals surface area contributed by atoms with E-state index in [2.05, 4.69) is 70.2 Å². The van der Waals surface area contributed by atoms with E-state index in [0.717, 1.165) is 17.9 Å². The number of anilines is 1. The fourth-order valence-electron chi connectivity index (χ4n) is 4.41. The molecular weight excluding hydrogens is 438 g/mol. The quantitative estimate of drug-likeness (QED) is 0.494. The van der Waals surface area contributed by atoms with Gasteiger partial charge in [0.15, 0.2) is 5.76 Å². The molecule has 2 unspecified atom stereocenters. The third-order valence-electron chi connectivity index (χ3n) is 6.13. The van der Waals surface area contributed by atoms with Gasteiger partial charge in [0, 0.05) is 24.9 Å². The molecule has 2 N–H and O–H groups in total. The summed E-state index contributed by atoms with van der Waals surface area (Å²) in [5.41, 5.74) is 3.83. The average molecular weight is 470 g/mol. The first-order valence-electron chi connectivity index (χ1n) is 11.2. The number of hydrogen-bond donors (Lipinski definition) is 2. The predicted octanol–water partition coefficient (Wildman–Crippen LogP) is 4.39. The number of hydrogen-bond acceptors (Lipinski definition) is 7. The molecule has 0 spiro atoms. The molecule has 3 aromatic rings. The lowest BCUT2D eigenvalue weighted by Gasteiger charge is -2.23. The highest BCUT2D eigenvalue weighted by atomic mass is 32.2. The Balaban J connectivity index is 1.47. The maximum atomic E-state index is 12.7. The standard InChI is InChI=1S/C24H31N5O3S/c1-15-22(16(2)32-29-15)33(30,31)27-12-6-7-19-20(28-23-21(19)25-13-14-26-23)17-8-10-18(11-9-17)24(3,4)5/h8-11,13-14,19-20,27H,6-7,12H2,1-5H3,(H,26,28). The van der Waals surface area contributed by atoms with Crippen LogP contribution in [0.3, 0.4) is 0 Å². The SMILES string of the molecule is Cc1noc(C)c1S(=O)(=O)NCCCC1c2nccnc2NC1c1ccc(C(C)(C)C)cc1. The molecule has 2 atom stereocenters. The van der Waals surface area contributed by atoms with Crippen LogP contribution in [0.15, 0.2) is 46.1 Å². The molecule has 9 heteroatoms. The largest absolute Gasteiger partial charge is 0.361 e. The van der Waals surface area contributed by atoms with Crippen molar-refractivity contribution in [2.24, 2.45) is 0 Å². The first-order chi connectivity index (χ1) is 15.6. The molecule has 0 saturated heterocycles. The van der Waals surface area contributed by atoms with E-state index in [4.69, 9.17) is 4.52 Å². The highest BCUT2D eigenvalue weighted by Crippen LogP contribution is 2.44. The van der Waals surface area contributed by atoms with Gasteiger partial charge in [-0.05, 0) is 43.2 Å². The summed E-state index contributed by atoms with van der Waals surface area (Å²) in [6.07, 6.45) is 4.81. The second-order valence-corrected chi connectivity index (χ2v) is 11.3. The van der Waals surface area contributed by atoms with Gasteiger partial charge < -0.3 is 9.84 Å². The van der Waals surface area contributed by atoms with Crippen LogP contribution in [0.4, 0.5) is 5.82 Å². The molecule has 0 radical (unpaired) electrons. The van der Waals surface area contributed by atoms with Gasteiger partial charge in [-0.15, -0.1) is 0 Å². The second kappa shape index (κ2) is 8.87. The molecule has 0 saturated carbocycles. The molecular formula is C24H31N5O3S. The summed E-state index contributed by atoms with van der Waals surface area (Å²) < 4.78 is 33.1. The summed E-state index contributed by atoms with van der Waals surface area (Å²) in [7, 11) is -3.67. The Labute approximate surface area is 195 Å². The minimum Gasteiger partial charge on any atom is -0.361 e. The van der Waals surface area contributed by atoms with Gasteiger partial charge in [-0.3, -0.25) is 4.98 Å². The van der Waals surface area contributed by atoms with E-state index < -0.39 is 10.0 Å². The fraction of sp³-hybridized carbons (Fsp3) is 0.458. The van der Waals surface area contributed by atoms with Crippen molar-refractivity contribution >= 4 is 15.8 Å². The topological polar surface area (TPSA) is 110 Å². The molecule has 1 aromatic carbocycles. The summed E-state index contributed by atoms with van der Waals surface area (Å²) in [5.74, 6) is 1.18. The van der Waals surface area contributed by atoms with E-state index >= 15 is 0 Å². The lowest BCUT2D eigenvalue weighted by molar-refractivity contribution is 0.390. The molecule has 1 aliphatic heterocycles. The zero-order valence-corrected chi connectivity index (χ0v) is 20.5. The summed E-state index contributed by atoms with van der Waals surface area (Å²) in [6.45, 7) is 10.1. The number of aryl methyl sites for hydroxylation is 2. The molecule has 3 heterocycles. The Bertz CT molecular complexity index is 1210. The van der Waals surface area contributed by atoms with Crippen molar-refractivity contribution in [2.45, 2.75) is 69.7 Å². The molecule has 0 amide bonds. The van der Waals surface area contributed by atoms with Crippen molar-refractivity contribution in [3.05, 3.63) is 64.9 Å². The van der Waals surface area contributed by atoms with Crippen LogP contribution in [0.25, 0.3) is 0 Å². The summed E-state index contributed by atoms with van der Waals surface area (Å²) in [4.78, 5) is 9.16. The van der Waals surface area contributed by atoms with Crippen LogP contribution in [-0.2, 0) is 15.4 Å². The number of nitrogens with zero attached hydrogens (tertiary/aromatic N) is 3. The lowest BCUT2D eigenvalue weighted by Crippen LogP contribution is -2.26. The van der Waals surface area contributed by atoms with Crippen LogP contribution in [0.1, 0.15) is 73.8 Å². The smallest absolute Gasteiger partial charge is 0.245 e. The molecule has 0 fully saturated rings. The zero-order valence-electron chi connectivity index (χ0n) is 19.7. The van der Waals surface area contributed by atoms with Gasteiger partial charge in [0.05, 0.1) is 11.7 Å². The Morgan fingerprint density at radius 2 is 1.79 bits per heavy atom. The van der Waals surface area contributed by atoms with Crippen LogP contribution in [0.5, 0.6) is 0 Å². The predicted molar refractivity (Wildman–Crippen MR) is 127 cm³/mol. The van der Waals surface area contributed by atoms with Crippen LogP contribution in [0, 0.1) is 13.8 Å². The van der Waals surface area contributed by atoms with Gasteiger partial charge in [0.1, 0.15) is 16.4 Å². The van der Waals surface area contributed by atoms with Crippen molar-refractivity contribution < 1.29 is 12.9 Å². The monoisotopic (exact) mass is 469 g/mol. The number of sulfonamides is 1. The van der Waals surface area contributed by atoms with E-state index in [1.54, 1.807) is 26.2 Å². The van der Waals surface area contributed by atoms with Gasteiger partial charge >= 0.3 is 0 Å². The summed E-state index contributed by atoms with van der Waals surface area (Å²) in [6, 6.07) is 8.72. The highest BCUT2D eigenvalue weighted by Gasteiger charge is 2.35. The van der Waals surface area contributed by atoms with Gasteiger partial charge in [-0.2, -0.15) is 0 Å². The summed E-state index contributed by atoms with van der Waals surface area (Å²) >= 11 is 0. The zero-order chi connectivity index (χ0) is 23.8. The van der Waals surface area contributed by atoms with E-state index in [0.29, 0.717) is 24.4 Å². The molecule has 1 aliphatic rings. The molecule has 176 valence electrons. The number of fused-ring (bicyclic) bond motifs is 1. The van der Waals surface area contributed by atoms with Crippen molar-refractivity contribution in [3.63, 3.8) is 0 Å². The fourth-order valence-corrected chi connectivity index (χ4v) is 5.80. The summed E-state index contributed by atoms with van der Waals surface area (Å²) in [5, 5.41) is 7.27. The average Bonchev–Trinajstić information content (AvgIpc) is 3.30. The van der Waals surface area contributed by atoms with E-state index in [-0.39, 0.29) is 22.3 Å². The normalized spacial score (nSPS) is 18.2. The molecule has 0 aliphatic carbocycles. The molecule has 33 heavy (non-hydrogen) atoms. The first-order valence-corrected chi connectivity index (χ1v) is 12.7. The van der Waals surface area contributed by atoms with E-state index in [1.165, 1.54) is 11.1 Å². The van der Waals surface area contributed by atoms with Crippen LogP contribution < -0.4 is 10.0 Å². The first kappa shape index (κ1) is 23.4.